The smallest absolute Gasteiger partial charge is 0.333 e. The molecule has 1 unspecified atom stereocenters. The van der Waals surface area contributed by atoms with E-state index in [2.05, 4.69) is 15.4 Å². The first-order valence-electron chi connectivity index (χ1n) is 5.90. The molecule has 7 nitrogen and oxygen atoms in total. The van der Waals surface area contributed by atoms with Crippen LogP contribution >= 0.6 is 11.3 Å². The summed E-state index contributed by atoms with van der Waals surface area (Å²) in [7, 11) is 1.70. The van der Waals surface area contributed by atoms with Crippen molar-refractivity contribution < 1.29 is 4.92 Å². The van der Waals surface area contributed by atoms with Crippen molar-refractivity contribution in [1.82, 2.24) is 14.8 Å². The normalized spacial score (nSPS) is 12.4. The zero-order chi connectivity index (χ0) is 14.0. The minimum Gasteiger partial charge on any atom is -0.356 e. The van der Waals surface area contributed by atoms with E-state index in [9.17, 15) is 10.1 Å². The van der Waals surface area contributed by atoms with Crippen LogP contribution in [0.2, 0.25) is 0 Å². The van der Waals surface area contributed by atoms with E-state index < -0.39 is 0 Å². The molecule has 2 aromatic rings. The summed E-state index contributed by atoms with van der Waals surface area (Å²) < 4.78 is 1.51. The second kappa shape index (κ2) is 5.35. The van der Waals surface area contributed by atoms with Gasteiger partial charge < -0.3 is 5.32 Å². The fourth-order valence-corrected chi connectivity index (χ4v) is 2.52. The Labute approximate surface area is 114 Å². The number of aromatic nitrogens is 3. The number of nitrogens with zero attached hydrogens (tertiary/aromatic N) is 4. The van der Waals surface area contributed by atoms with Gasteiger partial charge in [-0.1, -0.05) is 6.92 Å². The highest BCUT2D eigenvalue weighted by Crippen LogP contribution is 2.31. The first-order chi connectivity index (χ1) is 9.04. The highest BCUT2D eigenvalue weighted by Gasteiger charge is 2.27. The second-order valence-electron chi connectivity index (χ2n) is 4.11. The van der Waals surface area contributed by atoms with Gasteiger partial charge in [-0.05, 0) is 13.3 Å². The zero-order valence-corrected chi connectivity index (χ0v) is 11.8. The van der Waals surface area contributed by atoms with Gasteiger partial charge in [0.15, 0.2) is 0 Å². The highest BCUT2D eigenvalue weighted by atomic mass is 32.1. The van der Waals surface area contributed by atoms with Crippen LogP contribution in [0, 0.1) is 10.1 Å². The summed E-state index contributed by atoms with van der Waals surface area (Å²) in [5.74, 6) is 0.421. The average molecular weight is 281 g/mol. The third-order valence-corrected chi connectivity index (χ3v) is 3.74. The molecule has 0 aliphatic heterocycles. The summed E-state index contributed by atoms with van der Waals surface area (Å²) in [6.45, 7) is 3.77. The molecule has 0 bridgehead atoms. The fraction of sp³-hybridized carbons (Fsp3) is 0.455. The monoisotopic (exact) mass is 281 g/mol. The molecule has 0 spiro atoms. The molecule has 0 aromatic carbocycles. The van der Waals surface area contributed by atoms with Crippen LogP contribution in [0.5, 0.6) is 0 Å². The zero-order valence-electron chi connectivity index (χ0n) is 11.0. The maximum Gasteiger partial charge on any atom is 0.333 e. The van der Waals surface area contributed by atoms with Crippen LogP contribution in [-0.2, 0) is 13.5 Å². The van der Waals surface area contributed by atoms with E-state index in [4.69, 9.17) is 0 Å². The molecule has 0 amide bonds. The lowest BCUT2D eigenvalue weighted by Crippen LogP contribution is -2.11. The van der Waals surface area contributed by atoms with Crippen molar-refractivity contribution in [3.63, 3.8) is 0 Å². The Morgan fingerprint density at radius 3 is 2.89 bits per heavy atom. The summed E-state index contributed by atoms with van der Waals surface area (Å²) in [6.07, 6.45) is 2.24. The molecule has 1 atom stereocenters. The van der Waals surface area contributed by atoms with Gasteiger partial charge in [0.05, 0.1) is 11.0 Å². The number of hydrogen-bond donors (Lipinski definition) is 1. The van der Waals surface area contributed by atoms with Gasteiger partial charge in [-0.15, -0.1) is 11.3 Å². The molecule has 102 valence electrons. The quantitative estimate of drug-likeness (QED) is 0.672. The van der Waals surface area contributed by atoms with Crippen molar-refractivity contribution in [2.24, 2.45) is 7.05 Å². The number of aryl methyl sites for hydroxylation is 2. The molecule has 2 aromatic heterocycles. The van der Waals surface area contributed by atoms with E-state index in [1.165, 1.54) is 16.0 Å². The van der Waals surface area contributed by atoms with E-state index in [0.717, 1.165) is 5.01 Å². The third kappa shape index (κ3) is 2.58. The van der Waals surface area contributed by atoms with E-state index in [-0.39, 0.29) is 16.7 Å². The Morgan fingerprint density at radius 1 is 1.63 bits per heavy atom. The SMILES string of the molecule is CCc1nn(C)c(NC(C)c2nccs2)c1[N+](=O)[O-]. The van der Waals surface area contributed by atoms with Gasteiger partial charge in [-0.2, -0.15) is 5.10 Å². The van der Waals surface area contributed by atoms with Crippen molar-refractivity contribution in [1.29, 1.82) is 0 Å². The molecule has 2 rings (SSSR count). The van der Waals surface area contributed by atoms with Crippen LogP contribution in [0.3, 0.4) is 0 Å². The minimum atomic E-state index is -0.386. The molecule has 0 saturated carbocycles. The van der Waals surface area contributed by atoms with E-state index in [0.29, 0.717) is 17.9 Å². The molecule has 1 N–H and O–H groups in total. The summed E-state index contributed by atoms with van der Waals surface area (Å²) in [5, 5.41) is 21.2. The van der Waals surface area contributed by atoms with Gasteiger partial charge in [0, 0.05) is 18.6 Å². The highest BCUT2D eigenvalue weighted by molar-refractivity contribution is 7.09. The van der Waals surface area contributed by atoms with Crippen LogP contribution in [0.4, 0.5) is 11.5 Å². The Morgan fingerprint density at radius 2 is 2.37 bits per heavy atom. The summed E-state index contributed by atoms with van der Waals surface area (Å²) in [4.78, 5) is 15.0. The van der Waals surface area contributed by atoms with Crippen molar-refractivity contribution >= 4 is 22.8 Å². The Balaban J connectivity index is 2.34. The first kappa shape index (κ1) is 13.5. The lowest BCUT2D eigenvalue weighted by atomic mass is 10.2. The number of rotatable bonds is 5. The lowest BCUT2D eigenvalue weighted by Gasteiger charge is -2.11. The molecular formula is C11H15N5O2S. The van der Waals surface area contributed by atoms with Gasteiger partial charge in [-0.25, -0.2) is 9.67 Å². The van der Waals surface area contributed by atoms with E-state index >= 15 is 0 Å². The maximum atomic E-state index is 11.2. The minimum absolute atomic E-state index is 0.0495. The third-order valence-electron chi connectivity index (χ3n) is 2.78. The van der Waals surface area contributed by atoms with Gasteiger partial charge in [0.1, 0.15) is 10.7 Å². The molecule has 0 aliphatic rings. The van der Waals surface area contributed by atoms with Gasteiger partial charge in [0.25, 0.3) is 0 Å². The van der Waals surface area contributed by atoms with Crippen molar-refractivity contribution in [3.05, 3.63) is 32.4 Å². The van der Waals surface area contributed by atoms with Crippen LogP contribution in [0.25, 0.3) is 0 Å². The van der Waals surface area contributed by atoms with E-state index in [1.54, 1.807) is 13.2 Å². The number of hydrogen-bond acceptors (Lipinski definition) is 6. The predicted molar refractivity (Wildman–Crippen MR) is 73.4 cm³/mol. The van der Waals surface area contributed by atoms with Crippen LogP contribution in [0.15, 0.2) is 11.6 Å². The average Bonchev–Trinajstić information content (AvgIpc) is 2.97. The van der Waals surface area contributed by atoms with Gasteiger partial charge in [0.2, 0.25) is 5.82 Å². The van der Waals surface area contributed by atoms with E-state index in [1.807, 2.05) is 19.2 Å². The Hall–Kier alpha value is -1.96. The summed E-state index contributed by atoms with van der Waals surface area (Å²) >= 11 is 1.51. The Bertz CT molecular complexity index is 578. The largest absolute Gasteiger partial charge is 0.356 e. The predicted octanol–water partition coefficient (Wildman–Crippen LogP) is 2.52. The standard InChI is InChI=1S/C11H15N5O2S/c1-4-8-9(16(17)18)10(15(3)14-8)13-7(2)11-12-5-6-19-11/h5-7,13H,4H2,1-3H3. The van der Waals surface area contributed by atoms with Crippen LogP contribution in [-0.4, -0.2) is 19.7 Å². The van der Waals surface area contributed by atoms with Crippen molar-refractivity contribution in [2.45, 2.75) is 26.3 Å². The Kier molecular flexibility index (Phi) is 3.79. The molecule has 0 aliphatic carbocycles. The maximum absolute atomic E-state index is 11.2. The summed E-state index contributed by atoms with van der Waals surface area (Å²) in [6, 6.07) is -0.0983. The molecule has 8 heteroatoms. The topological polar surface area (TPSA) is 85.9 Å². The summed E-state index contributed by atoms with van der Waals surface area (Å²) in [5.41, 5.74) is 0.537. The van der Waals surface area contributed by atoms with Crippen LogP contribution < -0.4 is 5.32 Å². The molecule has 0 saturated heterocycles. The number of anilines is 1. The second-order valence-corrected chi connectivity index (χ2v) is 5.04. The molecule has 2 heterocycles. The lowest BCUT2D eigenvalue weighted by molar-refractivity contribution is -0.384. The molecule has 0 radical (unpaired) electrons. The van der Waals surface area contributed by atoms with Gasteiger partial charge in [-0.3, -0.25) is 10.1 Å². The fourth-order valence-electron chi connectivity index (χ4n) is 1.88. The number of nitrogens with one attached hydrogen (secondary N) is 1. The number of nitro groups is 1. The molecule has 19 heavy (non-hydrogen) atoms. The van der Waals surface area contributed by atoms with Gasteiger partial charge >= 0.3 is 5.69 Å². The van der Waals surface area contributed by atoms with Crippen molar-refractivity contribution in [2.75, 3.05) is 5.32 Å². The molecular weight excluding hydrogens is 266 g/mol. The molecule has 0 fully saturated rings. The first-order valence-corrected chi connectivity index (χ1v) is 6.78. The van der Waals surface area contributed by atoms with Crippen molar-refractivity contribution in [3.8, 4) is 0 Å². The number of thiazole rings is 1. The van der Waals surface area contributed by atoms with Crippen LogP contribution in [0.1, 0.15) is 30.6 Å².